The lowest BCUT2D eigenvalue weighted by Gasteiger charge is -2.41. The molecule has 9 heteroatoms. The van der Waals surface area contributed by atoms with E-state index >= 15 is 0 Å². The third-order valence-electron chi connectivity index (χ3n) is 3.43. The molecule has 2 rings (SSSR count). The van der Waals surface area contributed by atoms with Gasteiger partial charge in [0.25, 0.3) is 0 Å². The molecule has 1 heterocycles. The zero-order valence-corrected chi connectivity index (χ0v) is 10.4. The fourth-order valence-corrected chi connectivity index (χ4v) is 2.59. The summed E-state index contributed by atoms with van der Waals surface area (Å²) in [5, 5.41) is 18.8. The first-order valence-corrected chi connectivity index (χ1v) is 5.85. The normalized spacial score (nSPS) is 28.9. The molecule has 2 aliphatic rings. The zero-order valence-electron chi connectivity index (χ0n) is 10.4. The lowest BCUT2D eigenvalue weighted by Crippen LogP contribution is -2.61. The highest BCUT2D eigenvalue weighted by Gasteiger charge is 2.54. The fraction of sp³-hybridized carbons (Fsp3) is 0.417. The Kier molecular flexibility index (Phi) is 3.52. The number of allylic oxidation sites excluding steroid dienone is 3. The van der Waals surface area contributed by atoms with E-state index in [0.717, 1.165) is 0 Å². The number of halogens is 3. The summed E-state index contributed by atoms with van der Waals surface area (Å²) in [5.74, 6) is -7.79. The molecule has 0 radical (unpaired) electrons. The number of ketones is 1. The number of aliphatic carboxylic acids is 1. The van der Waals surface area contributed by atoms with E-state index in [4.69, 9.17) is 5.11 Å². The molecule has 0 aromatic heterocycles. The van der Waals surface area contributed by atoms with Gasteiger partial charge in [-0.15, -0.1) is 0 Å². The highest BCUT2D eigenvalue weighted by atomic mass is 19.4. The maximum absolute atomic E-state index is 12.5. The molecule has 0 bridgehead atoms. The second-order valence-corrected chi connectivity index (χ2v) is 4.71. The Balaban J connectivity index is 2.44. The van der Waals surface area contributed by atoms with Crippen molar-refractivity contribution in [2.75, 3.05) is 6.54 Å². The molecule has 1 saturated heterocycles. The molecule has 0 aromatic carbocycles. The third-order valence-corrected chi connectivity index (χ3v) is 3.43. The first-order chi connectivity index (χ1) is 9.64. The predicted octanol–water partition coefficient (Wildman–Crippen LogP) is 0.657. The number of piperidine rings is 1. The molecule has 6 nitrogen and oxygen atoms in total. The second kappa shape index (κ2) is 4.90. The summed E-state index contributed by atoms with van der Waals surface area (Å²) in [5.41, 5.74) is 0. The van der Waals surface area contributed by atoms with Crippen molar-refractivity contribution in [1.82, 2.24) is 4.90 Å². The minimum Gasteiger partial charge on any atom is -0.512 e. The van der Waals surface area contributed by atoms with Gasteiger partial charge in [0.1, 0.15) is 11.8 Å². The summed E-state index contributed by atoms with van der Waals surface area (Å²) in [7, 11) is 0. The molecule has 3 atom stereocenters. The molecular formula is C12H10F3NO5. The molecule has 21 heavy (non-hydrogen) atoms. The summed E-state index contributed by atoms with van der Waals surface area (Å²) in [4.78, 5) is 34.4. The highest BCUT2D eigenvalue weighted by molar-refractivity contribution is 5.96. The lowest BCUT2D eigenvalue weighted by molar-refractivity contribution is -0.193. The predicted molar refractivity (Wildman–Crippen MR) is 61.0 cm³/mol. The van der Waals surface area contributed by atoms with E-state index in [1.807, 2.05) is 0 Å². The maximum Gasteiger partial charge on any atom is 0.471 e. The van der Waals surface area contributed by atoms with Crippen molar-refractivity contribution < 1.29 is 37.8 Å². The molecule has 0 spiro atoms. The number of aliphatic hydroxyl groups excluding tert-OH is 1. The molecule has 114 valence electrons. The number of carboxylic acid groups (broad SMARTS) is 1. The topological polar surface area (TPSA) is 94.9 Å². The van der Waals surface area contributed by atoms with Crippen LogP contribution in [0.5, 0.6) is 0 Å². The Morgan fingerprint density at radius 2 is 1.95 bits per heavy atom. The zero-order chi connectivity index (χ0) is 15.9. The number of alkyl halides is 3. The summed E-state index contributed by atoms with van der Waals surface area (Å²) < 4.78 is 37.6. The van der Waals surface area contributed by atoms with Crippen LogP contribution in [0.25, 0.3) is 0 Å². The van der Waals surface area contributed by atoms with E-state index in [9.17, 15) is 32.7 Å². The van der Waals surface area contributed by atoms with Gasteiger partial charge in [-0.05, 0) is 6.08 Å². The molecule has 1 aliphatic carbocycles. The van der Waals surface area contributed by atoms with E-state index in [2.05, 4.69) is 0 Å². The number of hydrogen-bond acceptors (Lipinski definition) is 4. The minimum absolute atomic E-state index is 0.00519. The Bertz CT molecular complexity index is 566. The van der Waals surface area contributed by atoms with Crippen LogP contribution in [0.2, 0.25) is 0 Å². The van der Waals surface area contributed by atoms with E-state index in [-0.39, 0.29) is 4.90 Å². The first-order valence-electron chi connectivity index (χ1n) is 5.85. The van der Waals surface area contributed by atoms with Crippen molar-refractivity contribution in [3.8, 4) is 0 Å². The number of carboxylic acids is 1. The largest absolute Gasteiger partial charge is 0.512 e. The molecule has 0 saturated carbocycles. The van der Waals surface area contributed by atoms with Crippen molar-refractivity contribution in [1.29, 1.82) is 0 Å². The van der Waals surface area contributed by atoms with E-state index in [1.165, 1.54) is 18.2 Å². The molecular weight excluding hydrogens is 295 g/mol. The van der Waals surface area contributed by atoms with Gasteiger partial charge < -0.3 is 15.1 Å². The number of hydrogen-bond donors (Lipinski definition) is 2. The van der Waals surface area contributed by atoms with Crippen LogP contribution in [0.15, 0.2) is 24.0 Å². The Hall–Kier alpha value is -2.32. The van der Waals surface area contributed by atoms with Crippen molar-refractivity contribution in [3.05, 3.63) is 24.0 Å². The number of amides is 1. The number of carbonyl (C=O) groups excluding carboxylic acids is 2. The van der Waals surface area contributed by atoms with Gasteiger partial charge in [0, 0.05) is 5.92 Å². The number of likely N-dealkylation sites (tertiary alicyclic amines) is 1. The van der Waals surface area contributed by atoms with Crippen LogP contribution in [-0.2, 0) is 14.4 Å². The lowest BCUT2D eigenvalue weighted by atomic mass is 9.75. The Labute approximate surface area is 116 Å². The van der Waals surface area contributed by atoms with Gasteiger partial charge in [0.2, 0.25) is 0 Å². The van der Waals surface area contributed by atoms with Crippen LogP contribution < -0.4 is 0 Å². The molecule has 1 aliphatic heterocycles. The first kappa shape index (κ1) is 15.1. The van der Waals surface area contributed by atoms with Gasteiger partial charge >= 0.3 is 18.1 Å². The monoisotopic (exact) mass is 305 g/mol. The number of carbonyl (C=O) groups is 3. The van der Waals surface area contributed by atoms with Crippen molar-refractivity contribution in [2.45, 2.75) is 12.2 Å². The number of Topliss-reactive ketones (excluding diaryl/α,β-unsaturated/α-hetero) is 1. The molecule has 1 amide bonds. The smallest absolute Gasteiger partial charge is 0.471 e. The summed E-state index contributed by atoms with van der Waals surface area (Å²) in [6.45, 7) is -1.01. The maximum atomic E-state index is 12.5. The summed E-state index contributed by atoms with van der Waals surface area (Å²) in [6, 6.07) is -1.87. The van der Waals surface area contributed by atoms with Gasteiger partial charge in [0.15, 0.2) is 5.78 Å². The Morgan fingerprint density at radius 1 is 1.33 bits per heavy atom. The number of fused-ring (bicyclic) bond motifs is 1. The standard InChI is InChI=1S/C12H10F3NO5/c13-12(14,15)11(21)16-4-7(18)8-5(9(16)10(19)20)2-1-3-6(8)17/h1-3,5,8-9,17H,4H2,(H,19,20). The van der Waals surface area contributed by atoms with E-state index < -0.39 is 54.0 Å². The van der Waals surface area contributed by atoms with Crippen LogP contribution in [0.4, 0.5) is 13.2 Å². The van der Waals surface area contributed by atoms with E-state index in [0.29, 0.717) is 0 Å². The molecule has 2 N–H and O–H groups in total. The molecule has 0 aromatic rings. The van der Waals surface area contributed by atoms with Crippen LogP contribution in [-0.4, -0.2) is 51.5 Å². The van der Waals surface area contributed by atoms with Crippen molar-refractivity contribution >= 4 is 17.7 Å². The van der Waals surface area contributed by atoms with E-state index in [1.54, 1.807) is 0 Å². The van der Waals surface area contributed by atoms with Gasteiger partial charge in [-0.2, -0.15) is 13.2 Å². The van der Waals surface area contributed by atoms with Crippen LogP contribution in [0.3, 0.4) is 0 Å². The third kappa shape index (κ3) is 2.50. The van der Waals surface area contributed by atoms with Crippen molar-refractivity contribution in [2.24, 2.45) is 11.8 Å². The number of aliphatic hydroxyl groups is 1. The summed E-state index contributed by atoms with van der Waals surface area (Å²) >= 11 is 0. The van der Waals surface area contributed by atoms with Crippen LogP contribution in [0, 0.1) is 11.8 Å². The number of rotatable bonds is 1. The van der Waals surface area contributed by atoms with Gasteiger partial charge in [-0.3, -0.25) is 9.59 Å². The highest BCUT2D eigenvalue weighted by Crippen LogP contribution is 2.36. The van der Waals surface area contributed by atoms with Gasteiger partial charge in [-0.1, -0.05) is 12.2 Å². The average Bonchev–Trinajstić information content (AvgIpc) is 2.35. The van der Waals surface area contributed by atoms with Gasteiger partial charge in [0.05, 0.1) is 12.5 Å². The van der Waals surface area contributed by atoms with Crippen molar-refractivity contribution in [3.63, 3.8) is 0 Å². The second-order valence-electron chi connectivity index (χ2n) is 4.71. The molecule has 3 unspecified atom stereocenters. The van der Waals surface area contributed by atoms with Crippen LogP contribution >= 0.6 is 0 Å². The van der Waals surface area contributed by atoms with Gasteiger partial charge in [-0.25, -0.2) is 4.79 Å². The Morgan fingerprint density at radius 3 is 2.48 bits per heavy atom. The van der Waals surface area contributed by atoms with Crippen LogP contribution in [0.1, 0.15) is 0 Å². The average molecular weight is 305 g/mol. The SMILES string of the molecule is O=C1CN(C(=O)C(F)(F)F)C(C(=O)O)C2C=CC=C(O)C12. The minimum atomic E-state index is -5.28. The quantitative estimate of drug-likeness (QED) is 0.742. The fourth-order valence-electron chi connectivity index (χ4n) is 2.59. The summed E-state index contributed by atoms with van der Waals surface area (Å²) in [6.07, 6.45) is -1.67. The molecule has 1 fully saturated rings. The number of nitrogens with zero attached hydrogens (tertiary/aromatic N) is 1.